The van der Waals surface area contributed by atoms with Gasteiger partial charge in [0, 0.05) is 0 Å². The minimum Gasteiger partial charge on any atom is -0.0842 e. The zero-order valence-electron chi connectivity index (χ0n) is 7.15. The molecule has 0 heteroatoms. The van der Waals surface area contributed by atoms with Gasteiger partial charge in [-0.05, 0) is 30.1 Å². The van der Waals surface area contributed by atoms with E-state index in [2.05, 4.69) is 26.8 Å². The third kappa shape index (κ3) is 0.574. The summed E-state index contributed by atoms with van der Waals surface area (Å²) in [6.07, 6.45) is 5.27. The fourth-order valence-electron chi connectivity index (χ4n) is 2.84. The number of fused-ring (bicyclic) bond motifs is 2. The first-order valence-electron chi connectivity index (χ1n) is 4.33. The van der Waals surface area contributed by atoms with Crippen LogP contribution in [0.25, 0.3) is 0 Å². The van der Waals surface area contributed by atoms with Crippen LogP contribution in [0.2, 0.25) is 0 Å². The normalized spacial score (nSPS) is 42.1. The van der Waals surface area contributed by atoms with Crippen LogP contribution in [0.5, 0.6) is 0 Å². The summed E-state index contributed by atoms with van der Waals surface area (Å²) in [4.78, 5) is 0. The molecule has 1 fully saturated rings. The summed E-state index contributed by atoms with van der Waals surface area (Å²) in [7, 11) is 0. The van der Waals surface area contributed by atoms with Gasteiger partial charge in [0.15, 0.2) is 0 Å². The van der Waals surface area contributed by atoms with E-state index in [0.29, 0.717) is 5.41 Å². The fraction of sp³-hybridized carbons (Fsp3) is 0.800. The number of allylic oxidation sites excluding steroid dienone is 2. The van der Waals surface area contributed by atoms with Crippen LogP contribution in [0.4, 0.5) is 0 Å². The molecule has 1 saturated carbocycles. The monoisotopic (exact) mass is 136 g/mol. The van der Waals surface area contributed by atoms with Crippen LogP contribution in [-0.2, 0) is 0 Å². The Bertz CT molecular complexity index is 186. The maximum absolute atomic E-state index is 2.47. The van der Waals surface area contributed by atoms with Gasteiger partial charge in [-0.3, -0.25) is 0 Å². The maximum atomic E-state index is 2.47. The van der Waals surface area contributed by atoms with Crippen molar-refractivity contribution >= 4 is 0 Å². The second-order valence-electron chi connectivity index (χ2n) is 4.45. The molecule has 0 aliphatic heterocycles. The molecule has 2 unspecified atom stereocenters. The highest BCUT2D eigenvalue weighted by Gasteiger charge is 2.45. The lowest BCUT2D eigenvalue weighted by Gasteiger charge is -2.21. The van der Waals surface area contributed by atoms with Gasteiger partial charge >= 0.3 is 0 Å². The first kappa shape index (κ1) is 6.45. The van der Waals surface area contributed by atoms with E-state index in [9.17, 15) is 0 Å². The molecule has 2 bridgehead atoms. The van der Waals surface area contributed by atoms with Gasteiger partial charge in [0.05, 0.1) is 0 Å². The highest BCUT2D eigenvalue weighted by Crippen LogP contribution is 2.56. The molecule has 0 nitrogen and oxygen atoms in total. The molecule has 2 atom stereocenters. The Labute approximate surface area is 63.3 Å². The standard InChI is InChI=1S/C10H16/c1-7-6-8-4-5-9(7)10(8,2)3/h5,7-8H,4,6H2,1-3H3. The fourth-order valence-corrected chi connectivity index (χ4v) is 2.84. The summed E-state index contributed by atoms with van der Waals surface area (Å²) in [6.45, 7) is 7.17. The Morgan fingerprint density at radius 1 is 1.50 bits per heavy atom. The van der Waals surface area contributed by atoms with Crippen molar-refractivity contribution in [2.24, 2.45) is 17.3 Å². The van der Waals surface area contributed by atoms with Crippen molar-refractivity contribution in [2.75, 3.05) is 0 Å². The van der Waals surface area contributed by atoms with Gasteiger partial charge in [-0.15, -0.1) is 0 Å². The molecule has 2 aliphatic carbocycles. The predicted octanol–water partition coefficient (Wildman–Crippen LogP) is 3.00. The molecule has 56 valence electrons. The van der Waals surface area contributed by atoms with E-state index in [1.807, 2.05) is 0 Å². The van der Waals surface area contributed by atoms with Gasteiger partial charge in [0.2, 0.25) is 0 Å². The highest BCUT2D eigenvalue weighted by atomic mass is 14.5. The molecule has 0 saturated heterocycles. The van der Waals surface area contributed by atoms with Crippen molar-refractivity contribution in [3.8, 4) is 0 Å². The molecule has 0 heterocycles. The Balaban J connectivity index is 2.39. The summed E-state index contributed by atoms with van der Waals surface area (Å²) < 4.78 is 0. The van der Waals surface area contributed by atoms with Gasteiger partial charge in [0.25, 0.3) is 0 Å². The number of hydrogen-bond donors (Lipinski definition) is 0. The van der Waals surface area contributed by atoms with Crippen LogP contribution >= 0.6 is 0 Å². The molecular formula is C10H16. The minimum atomic E-state index is 0.555. The Morgan fingerprint density at radius 2 is 2.20 bits per heavy atom. The van der Waals surface area contributed by atoms with Gasteiger partial charge in [-0.1, -0.05) is 32.4 Å². The average molecular weight is 136 g/mol. The van der Waals surface area contributed by atoms with Crippen LogP contribution in [0, 0.1) is 17.3 Å². The Hall–Kier alpha value is -0.260. The van der Waals surface area contributed by atoms with Gasteiger partial charge in [-0.25, -0.2) is 0 Å². The van der Waals surface area contributed by atoms with E-state index in [1.54, 1.807) is 5.57 Å². The van der Waals surface area contributed by atoms with E-state index in [0.717, 1.165) is 11.8 Å². The summed E-state index contributed by atoms with van der Waals surface area (Å²) >= 11 is 0. The number of hydrogen-bond acceptors (Lipinski definition) is 0. The molecule has 0 aromatic rings. The van der Waals surface area contributed by atoms with Crippen molar-refractivity contribution in [3.05, 3.63) is 11.6 Å². The Morgan fingerprint density at radius 3 is 2.40 bits per heavy atom. The van der Waals surface area contributed by atoms with Crippen molar-refractivity contribution in [1.82, 2.24) is 0 Å². The minimum absolute atomic E-state index is 0.555. The third-order valence-corrected chi connectivity index (χ3v) is 3.56. The zero-order chi connectivity index (χ0) is 7.35. The van der Waals surface area contributed by atoms with E-state index >= 15 is 0 Å². The molecule has 0 aromatic carbocycles. The second-order valence-corrected chi connectivity index (χ2v) is 4.45. The van der Waals surface area contributed by atoms with E-state index in [-0.39, 0.29) is 0 Å². The number of rotatable bonds is 0. The maximum Gasteiger partial charge on any atom is -0.0111 e. The van der Waals surface area contributed by atoms with Crippen LogP contribution in [-0.4, -0.2) is 0 Å². The summed E-state index contributed by atoms with van der Waals surface area (Å²) in [6, 6.07) is 0. The van der Waals surface area contributed by atoms with Crippen molar-refractivity contribution in [2.45, 2.75) is 33.6 Å². The molecule has 0 spiro atoms. The molecule has 10 heavy (non-hydrogen) atoms. The topological polar surface area (TPSA) is 0 Å². The summed E-state index contributed by atoms with van der Waals surface area (Å²) in [5.41, 5.74) is 2.29. The van der Waals surface area contributed by atoms with Crippen LogP contribution < -0.4 is 0 Å². The van der Waals surface area contributed by atoms with Gasteiger partial charge < -0.3 is 0 Å². The zero-order valence-corrected chi connectivity index (χ0v) is 7.15. The Kier molecular flexibility index (Phi) is 1.07. The predicted molar refractivity (Wildman–Crippen MR) is 43.8 cm³/mol. The first-order chi connectivity index (χ1) is 4.62. The van der Waals surface area contributed by atoms with Crippen molar-refractivity contribution in [1.29, 1.82) is 0 Å². The molecule has 0 N–H and O–H groups in total. The smallest absolute Gasteiger partial charge is 0.0111 e. The van der Waals surface area contributed by atoms with Crippen LogP contribution in [0.3, 0.4) is 0 Å². The van der Waals surface area contributed by atoms with Gasteiger partial charge in [0.1, 0.15) is 0 Å². The molecule has 2 rings (SSSR count). The lowest BCUT2D eigenvalue weighted by Crippen LogP contribution is -2.13. The average Bonchev–Trinajstić information content (AvgIpc) is 2.20. The molecule has 2 aliphatic rings. The van der Waals surface area contributed by atoms with Crippen LogP contribution in [0.1, 0.15) is 33.6 Å². The quantitative estimate of drug-likeness (QED) is 0.449. The molecule has 0 amide bonds. The largest absolute Gasteiger partial charge is 0.0842 e. The second kappa shape index (κ2) is 1.66. The first-order valence-corrected chi connectivity index (χ1v) is 4.33. The van der Waals surface area contributed by atoms with Gasteiger partial charge in [-0.2, -0.15) is 0 Å². The van der Waals surface area contributed by atoms with E-state index in [1.165, 1.54) is 12.8 Å². The molecule has 0 aromatic heterocycles. The molecular weight excluding hydrogens is 120 g/mol. The third-order valence-electron chi connectivity index (χ3n) is 3.56. The van der Waals surface area contributed by atoms with Crippen LogP contribution in [0.15, 0.2) is 11.6 Å². The van der Waals surface area contributed by atoms with Crippen molar-refractivity contribution < 1.29 is 0 Å². The van der Waals surface area contributed by atoms with E-state index in [4.69, 9.17) is 0 Å². The van der Waals surface area contributed by atoms with Crippen molar-refractivity contribution in [3.63, 3.8) is 0 Å². The summed E-state index contributed by atoms with van der Waals surface area (Å²) in [5, 5.41) is 0. The lowest BCUT2D eigenvalue weighted by atomic mass is 9.83. The highest BCUT2D eigenvalue weighted by molar-refractivity contribution is 5.28. The summed E-state index contributed by atoms with van der Waals surface area (Å²) in [5.74, 6) is 1.85. The van der Waals surface area contributed by atoms with E-state index < -0.39 is 0 Å². The SMILES string of the molecule is CC1CC2CC=C1C2(C)C. The molecule has 0 radical (unpaired) electrons. The lowest BCUT2D eigenvalue weighted by molar-refractivity contribution is 0.329.